The first-order chi connectivity index (χ1) is 14.3. The van der Waals surface area contributed by atoms with Gasteiger partial charge in [0.1, 0.15) is 10.0 Å². The van der Waals surface area contributed by atoms with E-state index in [1.165, 1.54) is 22.7 Å². The van der Waals surface area contributed by atoms with Crippen LogP contribution in [-0.2, 0) is 12.8 Å². The zero-order valence-corrected chi connectivity index (χ0v) is 18.9. The minimum Gasteiger partial charge on any atom is -0.296 e. The van der Waals surface area contributed by atoms with Crippen LogP contribution in [0.5, 0.6) is 0 Å². The number of anilines is 2. The Morgan fingerprint density at radius 3 is 1.43 bits per heavy atom. The van der Waals surface area contributed by atoms with Gasteiger partial charge in [-0.15, -0.1) is 20.4 Å². The number of nitrogens with one attached hydrogen (secondary N) is 2. The summed E-state index contributed by atoms with van der Waals surface area (Å²) in [6, 6.07) is 6.41. The summed E-state index contributed by atoms with van der Waals surface area (Å²) in [7, 11) is 0. The molecule has 0 saturated heterocycles. The van der Waals surface area contributed by atoms with Crippen LogP contribution in [0.15, 0.2) is 24.3 Å². The molecular formula is C20H24N6O2S2. The van der Waals surface area contributed by atoms with Gasteiger partial charge in [0.15, 0.2) is 0 Å². The van der Waals surface area contributed by atoms with E-state index in [0.717, 1.165) is 22.9 Å². The van der Waals surface area contributed by atoms with Crippen LogP contribution in [0.3, 0.4) is 0 Å². The normalized spacial score (nSPS) is 11.1. The molecule has 0 aliphatic carbocycles. The molecule has 2 aromatic heterocycles. The lowest BCUT2D eigenvalue weighted by atomic mass is 10.1. The molecule has 0 bridgehead atoms. The van der Waals surface area contributed by atoms with Gasteiger partial charge < -0.3 is 0 Å². The highest BCUT2D eigenvalue weighted by molar-refractivity contribution is 7.15. The Morgan fingerprint density at radius 1 is 0.733 bits per heavy atom. The van der Waals surface area contributed by atoms with Crippen LogP contribution < -0.4 is 10.6 Å². The van der Waals surface area contributed by atoms with Crippen LogP contribution in [0.1, 0.15) is 58.4 Å². The van der Waals surface area contributed by atoms with E-state index in [1.54, 1.807) is 24.3 Å². The van der Waals surface area contributed by atoms with Gasteiger partial charge in [0.05, 0.1) is 0 Å². The first-order valence-electron chi connectivity index (χ1n) is 9.67. The largest absolute Gasteiger partial charge is 0.296 e. The van der Waals surface area contributed by atoms with Crippen LogP contribution in [0, 0.1) is 11.8 Å². The maximum absolute atomic E-state index is 12.4. The van der Waals surface area contributed by atoms with Gasteiger partial charge in [0.2, 0.25) is 10.3 Å². The molecule has 0 fully saturated rings. The van der Waals surface area contributed by atoms with E-state index in [-0.39, 0.29) is 11.8 Å². The van der Waals surface area contributed by atoms with Crippen molar-refractivity contribution in [1.82, 2.24) is 20.4 Å². The first kappa shape index (κ1) is 22.0. The molecule has 158 valence electrons. The highest BCUT2D eigenvalue weighted by Crippen LogP contribution is 2.20. The average Bonchev–Trinajstić information content (AvgIpc) is 3.30. The Hall–Kier alpha value is -2.72. The number of carbonyl (C=O) groups excluding carboxylic acids is 2. The Bertz CT molecular complexity index is 929. The molecule has 0 radical (unpaired) electrons. The molecule has 2 amide bonds. The molecular weight excluding hydrogens is 420 g/mol. The Labute approximate surface area is 183 Å². The van der Waals surface area contributed by atoms with E-state index in [0.29, 0.717) is 33.2 Å². The van der Waals surface area contributed by atoms with Gasteiger partial charge in [-0.3, -0.25) is 20.2 Å². The lowest BCUT2D eigenvalue weighted by molar-refractivity contribution is 0.101. The van der Waals surface area contributed by atoms with Gasteiger partial charge >= 0.3 is 0 Å². The quantitative estimate of drug-likeness (QED) is 0.536. The van der Waals surface area contributed by atoms with Crippen LogP contribution in [-0.4, -0.2) is 32.2 Å². The summed E-state index contributed by atoms with van der Waals surface area (Å²) in [5.74, 6) is 0.359. The smallest absolute Gasteiger partial charge is 0.257 e. The molecule has 3 aromatic rings. The second kappa shape index (κ2) is 9.86. The maximum atomic E-state index is 12.4. The predicted molar refractivity (Wildman–Crippen MR) is 119 cm³/mol. The van der Waals surface area contributed by atoms with E-state index in [2.05, 4.69) is 58.7 Å². The van der Waals surface area contributed by atoms with E-state index in [4.69, 9.17) is 0 Å². The van der Waals surface area contributed by atoms with Gasteiger partial charge in [-0.25, -0.2) is 0 Å². The Kier molecular flexibility index (Phi) is 7.22. The van der Waals surface area contributed by atoms with Crippen LogP contribution in [0.4, 0.5) is 10.3 Å². The molecule has 0 aliphatic heterocycles. The number of amides is 2. The molecule has 2 heterocycles. The van der Waals surface area contributed by atoms with Crippen LogP contribution >= 0.6 is 22.7 Å². The summed E-state index contributed by atoms with van der Waals surface area (Å²) in [4.78, 5) is 24.8. The van der Waals surface area contributed by atoms with Gasteiger partial charge in [0, 0.05) is 24.0 Å². The third-order valence-corrected chi connectivity index (χ3v) is 5.67. The number of aromatic nitrogens is 4. The van der Waals surface area contributed by atoms with Crippen molar-refractivity contribution in [2.45, 2.75) is 40.5 Å². The van der Waals surface area contributed by atoms with Gasteiger partial charge in [-0.2, -0.15) is 0 Å². The number of hydrogen-bond acceptors (Lipinski definition) is 8. The monoisotopic (exact) mass is 444 g/mol. The van der Waals surface area contributed by atoms with Crippen molar-refractivity contribution in [3.63, 3.8) is 0 Å². The zero-order chi connectivity index (χ0) is 21.7. The lowest BCUT2D eigenvalue weighted by Gasteiger charge is -2.04. The summed E-state index contributed by atoms with van der Waals surface area (Å²) in [6.07, 6.45) is 1.65. The molecule has 30 heavy (non-hydrogen) atoms. The van der Waals surface area contributed by atoms with Crippen molar-refractivity contribution >= 4 is 44.8 Å². The molecule has 0 aliphatic rings. The molecule has 3 rings (SSSR count). The van der Waals surface area contributed by atoms with Crippen molar-refractivity contribution in [1.29, 1.82) is 0 Å². The number of carbonyl (C=O) groups is 2. The van der Waals surface area contributed by atoms with Crippen LogP contribution in [0.25, 0.3) is 0 Å². The number of hydrogen-bond donors (Lipinski definition) is 2. The van der Waals surface area contributed by atoms with Crippen molar-refractivity contribution in [2.75, 3.05) is 10.6 Å². The molecule has 0 unspecified atom stereocenters. The fraction of sp³-hybridized carbons (Fsp3) is 0.400. The predicted octanol–water partition coefficient (Wildman–Crippen LogP) is 4.29. The van der Waals surface area contributed by atoms with Crippen molar-refractivity contribution in [3.8, 4) is 0 Å². The number of rotatable bonds is 8. The van der Waals surface area contributed by atoms with Crippen molar-refractivity contribution in [2.24, 2.45) is 11.8 Å². The third kappa shape index (κ3) is 6.14. The summed E-state index contributed by atoms with van der Waals surface area (Å²) < 4.78 is 0. The van der Waals surface area contributed by atoms with Gasteiger partial charge in [0.25, 0.3) is 11.8 Å². The minimum atomic E-state index is -0.295. The maximum Gasteiger partial charge on any atom is 0.257 e. The standard InChI is InChI=1S/C20H24N6O2S2/c1-11(2)9-15-23-25-19(29-15)21-17(27)13-5-7-14(8-6-13)18(28)22-20-26-24-16(30-20)10-12(3)4/h5-8,11-12H,9-10H2,1-4H3,(H,21,25,27)(H,22,26,28). The van der Waals surface area contributed by atoms with Crippen molar-refractivity contribution in [3.05, 3.63) is 45.4 Å². The van der Waals surface area contributed by atoms with Gasteiger partial charge in [-0.05, 0) is 36.1 Å². The second-order valence-electron chi connectivity index (χ2n) is 7.68. The highest BCUT2D eigenvalue weighted by Gasteiger charge is 2.14. The number of benzene rings is 1. The Morgan fingerprint density at radius 2 is 1.10 bits per heavy atom. The minimum absolute atomic E-state index is 0.295. The van der Waals surface area contributed by atoms with E-state index in [9.17, 15) is 9.59 Å². The molecule has 1 aromatic carbocycles. The summed E-state index contributed by atoms with van der Waals surface area (Å²) >= 11 is 2.74. The van der Waals surface area contributed by atoms with E-state index < -0.39 is 0 Å². The molecule has 8 nitrogen and oxygen atoms in total. The first-order valence-corrected chi connectivity index (χ1v) is 11.3. The second-order valence-corrected chi connectivity index (χ2v) is 9.81. The third-order valence-electron chi connectivity index (χ3n) is 3.95. The summed E-state index contributed by atoms with van der Waals surface area (Å²) in [5, 5.41) is 24.4. The summed E-state index contributed by atoms with van der Waals surface area (Å²) in [5.41, 5.74) is 0.865. The molecule has 0 saturated carbocycles. The molecule has 0 spiro atoms. The fourth-order valence-corrected chi connectivity index (χ4v) is 4.48. The molecule has 2 N–H and O–H groups in total. The number of nitrogens with zero attached hydrogens (tertiary/aromatic N) is 4. The SMILES string of the molecule is CC(C)Cc1nnc(NC(=O)c2ccc(C(=O)Nc3nnc(CC(C)C)s3)cc2)s1. The van der Waals surface area contributed by atoms with Crippen LogP contribution in [0.2, 0.25) is 0 Å². The molecule has 10 heteroatoms. The average molecular weight is 445 g/mol. The molecule has 0 atom stereocenters. The van der Waals surface area contributed by atoms with Gasteiger partial charge in [-0.1, -0.05) is 50.4 Å². The topological polar surface area (TPSA) is 110 Å². The van der Waals surface area contributed by atoms with Crippen molar-refractivity contribution < 1.29 is 9.59 Å². The van der Waals surface area contributed by atoms with E-state index >= 15 is 0 Å². The van der Waals surface area contributed by atoms with E-state index in [1.807, 2.05) is 0 Å². The Balaban J connectivity index is 1.58. The highest BCUT2D eigenvalue weighted by atomic mass is 32.1. The fourth-order valence-electron chi connectivity index (χ4n) is 2.58. The zero-order valence-electron chi connectivity index (χ0n) is 17.3. The summed E-state index contributed by atoms with van der Waals surface area (Å²) in [6.45, 7) is 8.42. The lowest BCUT2D eigenvalue weighted by Crippen LogP contribution is -2.14.